The number of hydrogen-bond acceptors (Lipinski definition) is 6. The van der Waals surface area contributed by atoms with Crippen LogP contribution in [-0.4, -0.2) is 49.1 Å². The molecule has 1 N–H and O–H groups in total. The molecule has 2 aromatic rings. The number of para-hydroxylation sites is 1. The van der Waals surface area contributed by atoms with Crippen molar-refractivity contribution in [3.8, 4) is 0 Å². The summed E-state index contributed by atoms with van der Waals surface area (Å²) in [5, 5.41) is 10.5. The third-order valence-corrected chi connectivity index (χ3v) is 4.56. The lowest BCUT2D eigenvalue weighted by atomic mass is 10.0. The number of methoxy groups -OCH3 is 2. The van der Waals surface area contributed by atoms with Crippen molar-refractivity contribution in [2.24, 2.45) is 0 Å². The second-order valence-electron chi connectivity index (χ2n) is 6.17. The number of benzene rings is 2. The van der Waals surface area contributed by atoms with Gasteiger partial charge >= 0.3 is 17.6 Å². The first-order valence-electron chi connectivity index (χ1n) is 8.59. The minimum Gasteiger partial charge on any atom is -0.497 e. The minimum atomic E-state index is -1.03. The van der Waals surface area contributed by atoms with E-state index in [1.165, 1.54) is 11.7 Å². The van der Waals surface area contributed by atoms with E-state index in [-0.39, 0.29) is 5.70 Å². The quantitative estimate of drug-likeness (QED) is 0.379. The molecule has 2 aromatic carbocycles. The Labute approximate surface area is 162 Å². The predicted octanol–water partition coefficient (Wildman–Crippen LogP) is 2.38. The van der Waals surface area contributed by atoms with Gasteiger partial charge in [-0.15, -0.1) is 0 Å². The van der Waals surface area contributed by atoms with Crippen LogP contribution in [0, 0.1) is 0 Å². The summed E-state index contributed by atoms with van der Waals surface area (Å²) in [6.07, 6.45) is 1.20. The topological polar surface area (TPSA) is 79.1 Å². The number of fused-ring (bicyclic) bond motifs is 1. The number of esters is 2. The van der Waals surface area contributed by atoms with Crippen LogP contribution in [0.4, 0.5) is 5.69 Å². The van der Waals surface area contributed by atoms with Crippen LogP contribution >= 0.6 is 0 Å². The van der Waals surface area contributed by atoms with E-state index in [1.807, 2.05) is 66.5 Å². The highest BCUT2D eigenvalue weighted by atomic mass is 16.5. The van der Waals surface area contributed by atoms with E-state index in [1.54, 1.807) is 6.21 Å². The highest BCUT2D eigenvalue weighted by Crippen LogP contribution is 2.34. The second-order valence-corrected chi connectivity index (χ2v) is 6.17. The number of aliphatic hydroxyl groups is 1. The maximum Gasteiger partial charge on any atom is 0.407 e. The van der Waals surface area contributed by atoms with Crippen LogP contribution in [0.5, 0.6) is 0 Å². The van der Waals surface area contributed by atoms with Crippen LogP contribution in [0.1, 0.15) is 17.3 Å². The average Bonchev–Trinajstić information content (AvgIpc) is 2.73. The highest BCUT2D eigenvalue weighted by molar-refractivity contribution is 5.98. The summed E-state index contributed by atoms with van der Waals surface area (Å²) in [7, 11) is 4.19. The van der Waals surface area contributed by atoms with Crippen LogP contribution < -0.4 is 4.90 Å². The van der Waals surface area contributed by atoms with Gasteiger partial charge in [-0.3, -0.25) is 0 Å². The molecule has 0 aromatic heterocycles. The minimum absolute atomic E-state index is 0.301. The van der Waals surface area contributed by atoms with Gasteiger partial charge in [-0.05, 0) is 12.1 Å². The summed E-state index contributed by atoms with van der Waals surface area (Å²) in [4.78, 5) is 26.5. The molecule has 3 rings (SSSR count). The number of nitrogens with zero attached hydrogens (tertiary/aromatic N) is 2. The van der Waals surface area contributed by atoms with E-state index in [4.69, 9.17) is 4.74 Å². The van der Waals surface area contributed by atoms with Crippen molar-refractivity contribution in [2.75, 3.05) is 26.2 Å². The van der Waals surface area contributed by atoms with Gasteiger partial charge in [-0.1, -0.05) is 42.5 Å². The standard InChI is InChI=1S/C21H20N2O5/c1-22-16-12-8-7-11-15(16)13-23(19(22)14-9-5-4-6-10-14)17(20(25)27-2)18(24)21(26)28-3/h4-13,19H,1-3H3/p+1. The molecule has 0 saturated carbocycles. The predicted molar refractivity (Wildman–Crippen MR) is 103 cm³/mol. The smallest absolute Gasteiger partial charge is 0.407 e. The van der Waals surface area contributed by atoms with Crippen LogP contribution in [-0.2, 0) is 19.1 Å². The van der Waals surface area contributed by atoms with Gasteiger partial charge < -0.3 is 19.5 Å². The Hall–Kier alpha value is -3.61. The van der Waals surface area contributed by atoms with E-state index in [0.717, 1.165) is 23.9 Å². The number of rotatable bonds is 4. The Bertz CT molecular complexity index is 966. The van der Waals surface area contributed by atoms with E-state index < -0.39 is 23.9 Å². The molecule has 7 nitrogen and oxygen atoms in total. The first kappa shape index (κ1) is 19.2. The molecule has 1 heterocycles. The average molecular weight is 381 g/mol. The molecule has 0 aliphatic carbocycles. The molecule has 0 fully saturated rings. The van der Waals surface area contributed by atoms with Crippen LogP contribution in [0.25, 0.3) is 0 Å². The zero-order valence-corrected chi connectivity index (χ0v) is 15.8. The molecule has 1 unspecified atom stereocenters. The maximum absolute atomic E-state index is 12.5. The number of anilines is 1. The molecular formula is C21H21N2O5+. The van der Waals surface area contributed by atoms with E-state index in [2.05, 4.69) is 4.74 Å². The van der Waals surface area contributed by atoms with Gasteiger partial charge in [-0.25, -0.2) is 9.59 Å². The zero-order chi connectivity index (χ0) is 20.3. The van der Waals surface area contributed by atoms with Gasteiger partial charge in [-0.2, -0.15) is 4.58 Å². The van der Waals surface area contributed by atoms with Gasteiger partial charge in [0.1, 0.15) is 0 Å². The molecule has 0 bridgehead atoms. The molecule has 144 valence electrons. The SMILES string of the molecule is COC(=O)/C(O)=C(\C(=O)OC)[N+]1=Cc2ccccc2N(C)C1c1ccccc1. The van der Waals surface area contributed by atoms with Gasteiger partial charge in [0.05, 0.1) is 25.5 Å². The fourth-order valence-corrected chi connectivity index (χ4v) is 3.27. The summed E-state index contributed by atoms with van der Waals surface area (Å²) >= 11 is 0. The van der Waals surface area contributed by atoms with Gasteiger partial charge in [0, 0.05) is 12.6 Å². The molecular weight excluding hydrogens is 360 g/mol. The number of carbonyl (C=O) groups excluding carboxylic acids is 2. The Kier molecular flexibility index (Phi) is 5.44. The Morgan fingerprint density at radius 2 is 1.57 bits per heavy atom. The monoisotopic (exact) mass is 381 g/mol. The zero-order valence-electron chi connectivity index (χ0n) is 15.8. The molecule has 7 heteroatoms. The fraction of sp³-hybridized carbons (Fsp3) is 0.190. The Morgan fingerprint density at radius 1 is 0.964 bits per heavy atom. The van der Waals surface area contributed by atoms with Gasteiger partial charge in [0.2, 0.25) is 0 Å². The second kappa shape index (κ2) is 7.96. The van der Waals surface area contributed by atoms with E-state index in [9.17, 15) is 14.7 Å². The summed E-state index contributed by atoms with van der Waals surface area (Å²) in [5.41, 5.74) is 2.31. The van der Waals surface area contributed by atoms with Crippen molar-refractivity contribution in [1.29, 1.82) is 0 Å². The first-order valence-corrected chi connectivity index (χ1v) is 8.59. The molecule has 0 radical (unpaired) electrons. The van der Waals surface area contributed by atoms with Crippen molar-refractivity contribution in [1.82, 2.24) is 0 Å². The molecule has 0 spiro atoms. The molecule has 1 aliphatic rings. The number of aliphatic hydroxyl groups excluding tert-OH is 1. The fourth-order valence-electron chi connectivity index (χ4n) is 3.27. The summed E-state index contributed by atoms with van der Waals surface area (Å²) in [6.45, 7) is 0. The number of hydrogen-bond donors (Lipinski definition) is 1. The maximum atomic E-state index is 12.5. The molecule has 28 heavy (non-hydrogen) atoms. The Morgan fingerprint density at radius 3 is 2.21 bits per heavy atom. The summed E-state index contributed by atoms with van der Waals surface area (Å²) in [5.74, 6) is -2.70. The van der Waals surface area contributed by atoms with Crippen molar-refractivity contribution < 1.29 is 28.7 Å². The summed E-state index contributed by atoms with van der Waals surface area (Å²) in [6, 6.07) is 17.1. The summed E-state index contributed by atoms with van der Waals surface area (Å²) < 4.78 is 11.0. The highest BCUT2D eigenvalue weighted by Gasteiger charge is 2.42. The lowest BCUT2D eigenvalue weighted by molar-refractivity contribution is -0.518. The largest absolute Gasteiger partial charge is 0.497 e. The molecule has 0 amide bonds. The van der Waals surface area contributed by atoms with Crippen molar-refractivity contribution in [3.05, 3.63) is 77.2 Å². The molecule has 1 atom stereocenters. The lowest BCUT2D eigenvalue weighted by Crippen LogP contribution is -2.41. The van der Waals surface area contributed by atoms with Gasteiger partial charge in [0.15, 0.2) is 6.21 Å². The first-order chi connectivity index (χ1) is 13.5. The van der Waals surface area contributed by atoms with Crippen molar-refractivity contribution in [2.45, 2.75) is 6.17 Å². The number of carbonyl (C=O) groups is 2. The molecule has 1 aliphatic heterocycles. The third kappa shape index (κ3) is 3.34. The van der Waals surface area contributed by atoms with Crippen LogP contribution in [0.3, 0.4) is 0 Å². The van der Waals surface area contributed by atoms with Crippen molar-refractivity contribution >= 4 is 23.8 Å². The van der Waals surface area contributed by atoms with Gasteiger partial charge in [0.25, 0.3) is 11.9 Å². The lowest BCUT2D eigenvalue weighted by Gasteiger charge is -2.31. The molecule has 0 saturated heterocycles. The van der Waals surface area contributed by atoms with Crippen molar-refractivity contribution in [3.63, 3.8) is 0 Å². The number of ether oxygens (including phenoxy) is 2. The third-order valence-electron chi connectivity index (χ3n) is 4.56. The van der Waals surface area contributed by atoms with E-state index in [0.29, 0.717) is 0 Å². The normalized spacial score (nSPS) is 16.5. The van der Waals surface area contributed by atoms with E-state index >= 15 is 0 Å². The Balaban J connectivity index is 2.30. The van der Waals surface area contributed by atoms with Crippen LogP contribution in [0.15, 0.2) is 66.1 Å². The van der Waals surface area contributed by atoms with Crippen LogP contribution in [0.2, 0.25) is 0 Å².